The van der Waals surface area contributed by atoms with Crippen LogP contribution in [0.15, 0.2) is 41.7 Å². The topological polar surface area (TPSA) is 104 Å². The molecule has 130 valence electrons. The lowest BCUT2D eigenvalue weighted by Crippen LogP contribution is -2.15. The number of nitrogens with one attached hydrogen (secondary N) is 1. The summed E-state index contributed by atoms with van der Waals surface area (Å²) in [6, 6.07) is 8.72. The van der Waals surface area contributed by atoms with Crippen molar-refractivity contribution in [2.24, 2.45) is 0 Å². The van der Waals surface area contributed by atoms with E-state index < -0.39 is 0 Å². The van der Waals surface area contributed by atoms with Crippen LogP contribution in [0.5, 0.6) is 11.5 Å². The number of hydrogen-bond acceptors (Lipinski definition) is 7. The van der Waals surface area contributed by atoms with E-state index in [0.29, 0.717) is 33.7 Å². The number of rotatable bonds is 6. The Morgan fingerprint density at radius 2 is 2.08 bits per heavy atom. The number of anilines is 2. The number of carbonyl (C=O) groups is 1. The molecule has 8 nitrogen and oxygen atoms in total. The van der Waals surface area contributed by atoms with Gasteiger partial charge in [-0.15, -0.1) is 10.2 Å². The van der Waals surface area contributed by atoms with E-state index in [1.807, 2.05) is 0 Å². The Balaban J connectivity index is 1.69. The van der Waals surface area contributed by atoms with Gasteiger partial charge in [0.15, 0.2) is 10.8 Å². The molecule has 0 radical (unpaired) electrons. The van der Waals surface area contributed by atoms with Gasteiger partial charge < -0.3 is 20.5 Å². The summed E-state index contributed by atoms with van der Waals surface area (Å²) in [7, 11) is 3.10. The molecule has 1 aromatic carbocycles. The summed E-state index contributed by atoms with van der Waals surface area (Å²) in [5.41, 5.74) is 7.59. The first-order valence-corrected chi connectivity index (χ1v) is 8.34. The molecule has 0 saturated heterocycles. The Bertz CT molecular complexity index is 912. The van der Waals surface area contributed by atoms with E-state index >= 15 is 0 Å². The maximum Gasteiger partial charge on any atom is 0.234 e. The van der Waals surface area contributed by atoms with Crippen molar-refractivity contribution in [1.82, 2.24) is 14.6 Å². The molecule has 0 bridgehead atoms. The van der Waals surface area contributed by atoms with Crippen LogP contribution in [0, 0.1) is 0 Å². The SMILES string of the molecule is COc1ccc(OC)c(NC(=O)CSc2nnc3ccc(N)cn23)c1. The second-order valence-corrected chi connectivity index (χ2v) is 6.02. The largest absolute Gasteiger partial charge is 0.497 e. The number of amides is 1. The number of nitrogens with zero attached hydrogens (tertiary/aromatic N) is 3. The Kier molecular flexibility index (Phi) is 4.94. The summed E-state index contributed by atoms with van der Waals surface area (Å²) < 4.78 is 12.2. The number of nitrogen functional groups attached to an aromatic ring is 1. The second kappa shape index (κ2) is 7.31. The van der Waals surface area contributed by atoms with E-state index in [9.17, 15) is 4.79 Å². The summed E-state index contributed by atoms with van der Waals surface area (Å²) in [5, 5.41) is 11.5. The molecule has 0 aliphatic heterocycles. The number of ether oxygens (including phenoxy) is 2. The number of aromatic nitrogens is 3. The van der Waals surface area contributed by atoms with Crippen molar-refractivity contribution >= 4 is 34.7 Å². The highest BCUT2D eigenvalue weighted by atomic mass is 32.2. The van der Waals surface area contributed by atoms with Crippen molar-refractivity contribution in [3.05, 3.63) is 36.5 Å². The fourth-order valence-corrected chi connectivity index (χ4v) is 2.93. The predicted molar refractivity (Wildman–Crippen MR) is 96.3 cm³/mol. The third-order valence-corrected chi connectivity index (χ3v) is 4.35. The zero-order valence-electron chi connectivity index (χ0n) is 13.7. The zero-order chi connectivity index (χ0) is 17.8. The van der Waals surface area contributed by atoms with E-state index in [0.717, 1.165) is 0 Å². The van der Waals surface area contributed by atoms with E-state index in [2.05, 4.69) is 15.5 Å². The van der Waals surface area contributed by atoms with Crippen molar-refractivity contribution in [1.29, 1.82) is 0 Å². The Hall–Kier alpha value is -2.94. The molecule has 0 fully saturated rings. The second-order valence-electron chi connectivity index (χ2n) is 5.08. The van der Waals surface area contributed by atoms with Gasteiger partial charge in [-0.1, -0.05) is 11.8 Å². The van der Waals surface area contributed by atoms with Crippen LogP contribution in [0.2, 0.25) is 0 Å². The Labute approximate surface area is 148 Å². The van der Waals surface area contributed by atoms with Gasteiger partial charge in [-0.2, -0.15) is 0 Å². The molecule has 2 heterocycles. The molecule has 0 spiro atoms. The lowest BCUT2D eigenvalue weighted by Gasteiger charge is -2.11. The molecule has 0 saturated carbocycles. The molecule has 0 aliphatic carbocycles. The number of methoxy groups -OCH3 is 2. The van der Waals surface area contributed by atoms with Gasteiger partial charge in [0.1, 0.15) is 11.5 Å². The smallest absolute Gasteiger partial charge is 0.234 e. The van der Waals surface area contributed by atoms with Gasteiger partial charge >= 0.3 is 0 Å². The van der Waals surface area contributed by atoms with Gasteiger partial charge in [0.2, 0.25) is 5.91 Å². The Morgan fingerprint density at radius 3 is 2.84 bits per heavy atom. The maximum absolute atomic E-state index is 12.3. The highest BCUT2D eigenvalue weighted by molar-refractivity contribution is 7.99. The normalized spacial score (nSPS) is 10.6. The number of carbonyl (C=O) groups excluding carboxylic acids is 1. The summed E-state index contributed by atoms with van der Waals surface area (Å²) >= 11 is 1.27. The Morgan fingerprint density at radius 1 is 1.24 bits per heavy atom. The van der Waals surface area contributed by atoms with Crippen molar-refractivity contribution in [2.75, 3.05) is 31.0 Å². The predicted octanol–water partition coefficient (Wildman–Crippen LogP) is 2.06. The van der Waals surface area contributed by atoms with Crippen molar-refractivity contribution in [3.63, 3.8) is 0 Å². The summed E-state index contributed by atoms with van der Waals surface area (Å²) in [4.78, 5) is 12.3. The number of pyridine rings is 1. The van der Waals surface area contributed by atoms with Crippen LogP contribution in [0.25, 0.3) is 5.65 Å². The van der Waals surface area contributed by atoms with Gasteiger partial charge in [0.05, 0.1) is 25.7 Å². The minimum atomic E-state index is -0.197. The standard InChI is InChI=1S/C16H17N5O3S/c1-23-11-4-5-13(24-2)12(7-11)18-15(22)9-25-16-20-19-14-6-3-10(17)8-21(14)16/h3-8H,9,17H2,1-2H3,(H,18,22). The van der Waals surface area contributed by atoms with Crippen LogP contribution in [-0.2, 0) is 4.79 Å². The van der Waals surface area contributed by atoms with Crippen molar-refractivity contribution < 1.29 is 14.3 Å². The molecule has 3 aromatic rings. The van der Waals surface area contributed by atoms with Crippen LogP contribution in [0.1, 0.15) is 0 Å². The van der Waals surface area contributed by atoms with Crippen molar-refractivity contribution in [2.45, 2.75) is 5.16 Å². The van der Waals surface area contributed by atoms with Gasteiger partial charge in [-0.3, -0.25) is 9.20 Å². The number of nitrogens with two attached hydrogens (primary N) is 1. The first-order chi connectivity index (χ1) is 12.1. The van der Waals surface area contributed by atoms with Crippen LogP contribution < -0.4 is 20.5 Å². The number of benzene rings is 1. The highest BCUT2D eigenvalue weighted by Crippen LogP contribution is 2.29. The van der Waals surface area contributed by atoms with Gasteiger partial charge in [-0.05, 0) is 24.3 Å². The highest BCUT2D eigenvalue weighted by Gasteiger charge is 2.12. The third-order valence-electron chi connectivity index (χ3n) is 3.41. The first-order valence-electron chi connectivity index (χ1n) is 7.35. The lowest BCUT2D eigenvalue weighted by atomic mass is 10.2. The van der Waals surface area contributed by atoms with E-state index in [4.69, 9.17) is 15.2 Å². The van der Waals surface area contributed by atoms with Crippen LogP contribution in [0.3, 0.4) is 0 Å². The minimum absolute atomic E-state index is 0.163. The molecule has 1 amide bonds. The van der Waals surface area contributed by atoms with E-state index in [-0.39, 0.29) is 11.7 Å². The lowest BCUT2D eigenvalue weighted by molar-refractivity contribution is -0.113. The molecule has 0 atom stereocenters. The maximum atomic E-state index is 12.3. The molecule has 3 rings (SSSR count). The molecule has 9 heteroatoms. The average Bonchev–Trinajstić information content (AvgIpc) is 3.02. The molecule has 25 heavy (non-hydrogen) atoms. The zero-order valence-corrected chi connectivity index (χ0v) is 14.5. The van der Waals surface area contributed by atoms with Gasteiger partial charge in [-0.25, -0.2) is 0 Å². The monoisotopic (exact) mass is 359 g/mol. The molecule has 3 N–H and O–H groups in total. The third kappa shape index (κ3) is 3.77. The number of fused-ring (bicyclic) bond motifs is 1. The van der Waals surface area contributed by atoms with E-state index in [1.165, 1.54) is 11.8 Å². The minimum Gasteiger partial charge on any atom is -0.497 e. The summed E-state index contributed by atoms with van der Waals surface area (Å²) in [5.74, 6) is 1.15. The first kappa shape index (κ1) is 16.9. The van der Waals surface area contributed by atoms with Gasteiger partial charge in [0.25, 0.3) is 0 Å². The van der Waals surface area contributed by atoms with Crippen LogP contribution in [0.4, 0.5) is 11.4 Å². The molecule has 0 aliphatic rings. The van der Waals surface area contributed by atoms with E-state index in [1.54, 1.807) is 55.1 Å². The van der Waals surface area contributed by atoms with Crippen LogP contribution >= 0.6 is 11.8 Å². The van der Waals surface area contributed by atoms with Gasteiger partial charge in [0, 0.05) is 18.0 Å². The van der Waals surface area contributed by atoms with Crippen molar-refractivity contribution in [3.8, 4) is 11.5 Å². The fourth-order valence-electron chi connectivity index (χ4n) is 2.21. The molecular weight excluding hydrogens is 342 g/mol. The summed E-state index contributed by atoms with van der Waals surface area (Å²) in [6.07, 6.45) is 1.72. The number of thioether (sulfide) groups is 1. The molecule has 0 unspecified atom stereocenters. The fraction of sp³-hybridized carbons (Fsp3) is 0.188. The number of hydrogen-bond donors (Lipinski definition) is 2. The molecular formula is C16H17N5O3S. The molecule has 2 aromatic heterocycles. The van der Waals surface area contributed by atoms with Crippen LogP contribution in [-0.4, -0.2) is 40.5 Å². The quantitative estimate of drug-likeness (QED) is 0.649. The average molecular weight is 359 g/mol. The summed E-state index contributed by atoms with van der Waals surface area (Å²) in [6.45, 7) is 0.